The van der Waals surface area contributed by atoms with Gasteiger partial charge in [0.25, 0.3) is 0 Å². The van der Waals surface area contributed by atoms with Crippen LogP contribution < -0.4 is 10.2 Å². The zero-order valence-corrected chi connectivity index (χ0v) is 10.1. The zero-order chi connectivity index (χ0) is 13.0. The minimum Gasteiger partial charge on any atom is -0.457 e. The van der Waals surface area contributed by atoms with Crippen molar-refractivity contribution in [3.8, 4) is 11.5 Å². The summed E-state index contributed by atoms with van der Waals surface area (Å²) in [4.78, 5) is 0. The van der Waals surface area contributed by atoms with Crippen molar-refractivity contribution in [3.63, 3.8) is 0 Å². The van der Waals surface area contributed by atoms with Gasteiger partial charge in [-0.2, -0.15) is 0 Å². The third kappa shape index (κ3) is 2.72. The molecule has 0 aliphatic rings. The number of hydrogen-bond acceptors (Lipinski definition) is 1. The lowest BCUT2D eigenvalue weighted by atomic mass is 9.97. The Labute approximate surface area is 109 Å². The van der Waals surface area contributed by atoms with Crippen molar-refractivity contribution in [2.75, 3.05) is 0 Å². The maximum atomic E-state index is 5.74. The average molecular weight is 232 g/mol. The van der Waals surface area contributed by atoms with Crippen LogP contribution in [0, 0.1) is 0 Å². The highest BCUT2D eigenvalue weighted by molar-refractivity contribution is 6.32. The van der Waals surface area contributed by atoms with Crippen LogP contribution in [0.25, 0.3) is 12.2 Å². The van der Waals surface area contributed by atoms with E-state index in [1.54, 1.807) is 12.2 Å². The predicted molar refractivity (Wildman–Crippen MR) is 78.5 cm³/mol. The van der Waals surface area contributed by atoms with Gasteiger partial charge in [0.1, 0.15) is 19.3 Å². The second-order valence-electron chi connectivity index (χ2n) is 3.87. The van der Waals surface area contributed by atoms with Crippen molar-refractivity contribution in [2.45, 2.75) is 0 Å². The Morgan fingerprint density at radius 3 is 2.06 bits per heavy atom. The van der Waals surface area contributed by atoms with Gasteiger partial charge in [0.05, 0.1) is 0 Å². The molecule has 2 heteroatoms. The maximum Gasteiger partial charge on any atom is 0.128 e. The fourth-order valence-corrected chi connectivity index (χ4v) is 1.65. The Hall–Kier alpha value is -2.22. The van der Waals surface area contributed by atoms with Crippen molar-refractivity contribution < 1.29 is 4.74 Å². The lowest BCUT2D eigenvalue weighted by Crippen LogP contribution is -1.99. The number of hydrogen-bond donors (Lipinski definition) is 0. The number of benzene rings is 2. The molecule has 86 valence electrons. The summed E-state index contributed by atoms with van der Waals surface area (Å²) in [6.45, 7) is 7.54. The Morgan fingerprint density at radius 2 is 1.44 bits per heavy atom. The van der Waals surface area contributed by atoms with Crippen LogP contribution in [0.5, 0.6) is 11.5 Å². The average Bonchev–Trinajstić information content (AvgIpc) is 2.41. The zero-order valence-electron chi connectivity index (χ0n) is 10.1. The van der Waals surface area contributed by atoms with Gasteiger partial charge in [-0.15, -0.1) is 0 Å². The van der Waals surface area contributed by atoms with E-state index in [0.29, 0.717) is 0 Å². The molecule has 0 fully saturated rings. The molecule has 18 heavy (non-hydrogen) atoms. The second-order valence-corrected chi connectivity index (χ2v) is 3.87. The van der Waals surface area contributed by atoms with Gasteiger partial charge in [0.15, 0.2) is 0 Å². The van der Waals surface area contributed by atoms with Gasteiger partial charge in [-0.1, -0.05) is 49.0 Å². The highest BCUT2D eigenvalue weighted by atomic mass is 16.5. The van der Waals surface area contributed by atoms with E-state index < -0.39 is 0 Å². The quantitative estimate of drug-likeness (QED) is 0.732. The van der Waals surface area contributed by atoms with Gasteiger partial charge in [-0.05, 0) is 35.4 Å². The Balaban J connectivity index is 2.26. The highest BCUT2D eigenvalue weighted by Crippen LogP contribution is 2.24. The van der Waals surface area contributed by atoms with E-state index in [0.717, 1.165) is 28.1 Å². The standard InChI is InChI=1S/C16H13BO/c1-3-12-5-8-16(11-13(12)4-2)18-15-9-6-14(17)7-10-15/h3-11H,1-2H2. The summed E-state index contributed by atoms with van der Waals surface area (Å²) in [6.07, 6.45) is 3.58. The van der Waals surface area contributed by atoms with Crippen LogP contribution in [0.3, 0.4) is 0 Å². The molecule has 0 aliphatic carbocycles. The maximum absolute atomic E-state index is 5.74. The van der Waals surface area contributed by atoms with E-state index in [-0.39, 0.29) is 0 Å². The Kier molecular flexibility index (Phi) is 3.68. The van der Waals surface area contributed by atoms with E-state index in [2.05, 4.69) is 13.2 Å². The van der Waals surface area contributed by atoms with Crippen molar-refractivity contribution in [2.24, 2.45) is 0 Å². The van der Waals surface area contributed by atoms with Crippen LogP contribution >= 0.6 is 0 Å². The Morgan fingerprint density at radius 1 is 0.833 bits per heavy atom. The van der Waals surface area contributed by atoms with Crippen molar-refractivity contribution in [3.05, 3.63) is 66.7 Å². The molecule has 0 aliphatic heterocycles. The smallest absolute Gasteiger partial charge is 0.128 e. The van der Waals surface area contributed by atoms with Crippen molar-refractivity contribution in [1.82, 2.24) is 0 Å². The van der Waals surface area contributed by atoms with Gasteiger partial charge in [0, 0.05) is 0 Å². The van der Waals surface area contributed by atoms with Gasteiger partial charge >= 0.3 is 0 Å². The van der Waals surface area contributed by atoms with Crippen LogP contribution in [0.4, 0.5) is 0 Å². The molecule has 1 nitrogen and oxygen atoms in total. The molecular weight excluding hydrogens is 219 g/mol. The topological polar surface area (TPSA) is 9.23 Å². The first-order valence-electron chi connectivity index (χ1n) is 5.65. The van der Waals surface area contributed by atoms with Gasteiger partial charge < -0.3 is 4.74 Å². The summed E-state index contributed by atoms with van der Waals surface area (Å²) in [6, 6.07) is 13.1. The minimum absolute atomic E-state index is 0.719. The summed E-state index contributed by atoms with van der Waals surface area (Å²) in [7, 11) is 5.62. The molecule has 0 heterocycles. The largest absolute Gasteiger partial charge is 0.457 e. The molecule has 0 spiro atoms. The molecule has 0 atom stereocenters. The Bertz CT molecular complexity index is 570. The van der Waals surface area contributed by atoms with Crippen LogP contribution in [-0.2, 0) is 0 Å². The fourth-order valence-electron chi connectivity index (χ4n) is 1.65. The van der Waals surface area contributed by atoms with Gasteiger partial charge in [0.2, 0.25) is 0 Å². The predicted octanol–water partition coefficient (Wildman–Crippen LogP) is 3.56. The van der Waals surface area contributed by atoms with E-state index in [1.165, 1.54) is 0 Å². The third-order valence-corrected chi connectivity index (χ3v) is 2.61. The highest BCUT2D eigenvalue weighted by Gasteiger charge is 2.01. The lowest BCUT2D eigenvalue weighted by Gasteiger charge is -2.08. The summed E-state index contributed by atoms with van der Waals surface area (Å²) >= 11 is 0. The van der Waals surface area contributed by atoms with E-state index >= 15 is 0 Å². The normalized spacial score (nSPS) is 9.78. The molecule has 2 aromatic rings. The lowest BCUT2D eigenvalue weighted by molar-refractivity contribution is 0.482. The first kappa shape index (κ1) is 12.2. The van der Waals surface area contributed by atoms with Crippen LogP contribution in [0.1, 0.15) is 11.1 Å². The first-order valence-corrected chi connectivity index (χ1v) is 5.65. The summed E-state index contributed by atoms with van der Waals surface area (Å²) in [5, 5.41) is 0. The van der Waals surface area contributed by atoms with E-state index in [9.17, 15) is 0 Å². The molecule has 0 amide bonds. The van der Waals surface area contributed by atoms with E-state index in [1.807, 2.05) is 42.5 Å². The van der Waals surface area contributed by atoms with Gasteiger partial charge in [-0.25, -0.2) is 0 Å². The first-order chi connectivity index (χ1) is 8.72. The second kappa shape index (κ2) is 5.41. The molecule has 0 bridgehead atoms. The summed E-state index contributed by atoms with van der Waals surface area (Å²) in [5.74, 6) is 1.52. The summed E-state index contributed by atoms with van der Waals surface area (Å²) in [5.41, 5.74) is 2.75. The van der Waals surface area contributed by atoms with Crippen LogP contribution in [0.15, 0.2) is 55.6 Å². The molecule has 0 N–H and O–H groups in total. The number of ether oxygens (including phenoxy) is 1. The fraction of sp³-hybridized carbons (Fsp3) is 0. The molecule has 2 aromatic carbocycles. The monoisotopic (exact) mass is 232 g/mol. The van der Waals surface area contributed by atoms with Gasteiger partial charge in [-0.3, -0.25) is 0 Å². The number of rotatable bonds is 4. The molecule has 2 radical (unpaired) electrons. The molecular formula is C16H13BO. The molecule has 0 saturated carbocycles. The third-order valence-electron chi connectivity index (χ3n) is 2.61. The van der Waals surface area contributed by atoms with E-state index in [4.69, 9.17) is 12.6 Å². The van der Waals surface area contributed by atoms with Crippen molar-refractivity contribution in [1.29, 1.82) is 0 Å². The van der Waals surface area contributed by atoms with Crippen LogP contribution in [0.2, 0.25) is 0 Å². The molecule has 0 saturated heterocycles. The molecule has 0 aromatic heterocycles. The van der Waals surface area contributed by atoms with Crippen molar-refractivity contribution >= 4 is 25.5 Å². The van der Waals surface area contributed by atoms with Crippen LogP contribution in [-0.4, -0.2) is 7.85 Å². The molecule has 2 rings (SSSR count). The minimum atomic E-state index is 0.719. The SMILES string of the molecule is [B]c1ccc(Oc2ccc(C=C)c(C=C)c2)cc1. The molecule has 0 unspecified atom stereocenters. The summed E-state index contributed by atoms with van der Waals surface area (Å²) < 4.78 is 5.74.